The van der Waals surface area contributed by atoms with Crippen molar-refractivity contribution in [2.45, 2.75) is 123 Å². The molecule has 0 bridgehead atoms. The molecule has 4 heteroatoms. The molecule has 32 heavy (non-hydrogen) atoms. The average Bonchev–Trinajstić information content (AvgIpc) is 2.80. The molecule has 0 atom stereocenters. The summed E-state index contributed by atoms with van der Waals surface area (Å²) < 4.78 is 11.1. The maximum Gasteiger partial charge on any atom is 0.338 e. The maximum absolute atomic E-state index is 12.5. The van der Waals surface area contributed by atoms with Gasteiger partial charge in [0, 0.05) is 0 Å². The number of hydrogen-bond acceptors (Lipinski definition) is 4. The zero-order chi connectivity index (χ0) is 23.4. The molecule has 1 aromatic rings. The monoisotopic (exact) mass is 446 g/mol. The van der Waals surface area contributed by atoms with Crippen molar-refractivity contribution in [2.75, 3.05) is 6.61 Å². The molecular formula is C28H46O4. The highest BCUT2D eigenvalue weighted by Crippen LogP contribution is 2.15. The first-order chi connectivity index (χ1) is 15.6. The summed E-state index contributed by atoms with van der Waals surface area (Å²) in [5.74, 6) is -0.734. The van der Waals surface area contributed by atoms with Crippen molar-refractivity contribution in [1.29, 1.82) is 0 Å². The van der Waals surface area contributed by atoms with Gasteiger partial charge < -0.3 is 9.47 Å². The van der Waals surface area contributed by atoms with Crippen LogP contribution in [0.4, 0.5) is 0 Å². The fraction of sp³-hybridized carbons (Fsp3) is 0.714. The molecule has 0 amide bonds. The van der Waals surface area contributed by atoms with E-state index in [1.165, 1.54) is 57.8 Å². The average molecular weight is 447 g/mol. The zero-order valence-corrected chi connectivity index (χ0v) is 20.8. The van der Waals surface area contributed by atoms with Gasteiger partial charge in [0.2, 0.25) is 0 Å². The minimum absolute atomic E-state index is 0.0610. The van der Waals surface area contributed by atoms with Gasteiger partial charge in [-0.15, -0.1) is 0 Å². The Hall–Kier alpha value is -1.84. The van der Waals surface area contributed by atoms with E-state index in [1.807, 2.05) is 0 Å². The van der Waals surface area contributed by atoms with Crippen LogP contribution in [-0.2, 0) is 9.47 Å². The second-order valence-corrected chi connectivity index (χ2v) is 8.86. The highest BCUT2D eigenvalue weighted by atomic mass is 16.5. The zero-order valence-electron chi connectivity index (χ0n) is 20.8. The van der Waals surface area contributed by atoms with E-state index in [4.69, 9.17) is 9.47 Å². The Labute approximate surface area is 196 Å². The van der Waals surface area contributed by atoms with E-state index < -0.39 is 0 Å². The molecule has 4 nitrogen and oxygen atoms in total. The minimum Gasteiger partial charge on any atom is -0.462 e. The molecule has 1 rings (SSSR count). The van der Waals surface area contributed by atoms with E-state index in [1.54, 1.807) is 24.3 Å². The first-order valence-electron chi connectivity index (χ1n) is 13.1. The molecule has 0 saturated heterocycles. The summed E-state index contributed by atoms with van der Waals surface area (Å²) in [5, 5.41) is 0. The van der Waals surface area contributed by atoms with E-state index >= 15 is 0 Å². The van der Waals surface area contributed by atoms with Gasteiger partial charge in [-0.1, -0.05) is 104 Å². The Bertz CT molecular complexity index is 620. The van der Waals surface area contributed by atoms with Crippen molar-refractivity contribution in [3.8, 4) is 0 Å². The second kappa shape index (κ2) is 18.7. The SMILES string of the molecule is CCCCCCCCCCCCCOC(=O)c1cccc(C(=O)OC(CCC)CCC)c1. The van der Waals surface area contributed by atoms with Gasteiger partial charge in [0.05, 0.1) is 17.7 Å². The molecule has 0 aliphatic rings. The van der Waals surface area contributed by atoms with Gasteiger partial charge in [-0.3, -0.25) is 0 Å². The molecular weight excluding hydrogens is 400 g/mol. The molecule has 0 aromatic heterocycles. The molecule has 0 N–H and O–H groups in total. The molecule has 0 aliphatic heterocycles. The number of rotatable bonds is 19. The van der Waals surface area contributed by atoms with Crippen LogP contribution >= 0.6 is 0 Å². The molecule has 0 spiro atoms. The lowest BCUT2D eigenvalue weighted by Crippen LogP contribution is -2.18. The fourth-order valence-electron chi connectivity index (χ4n) is 3.91. The molecule has 0 unspecified atom stereocenters. The van der Waals surface area contributed by atoms with Gasteiger partial charge in [0.25, 0.3) is 0 Å². The predicted octanol–water partition coefficient (Wildman–Crippen LogP) is 8.28. The lowest BCUT2D eigenvalue weighted by Gasteiger charge is -2.16. The van der Waals surface area contributed by atoms with E-state index in [-0.39, 0.29) is 18.0 Å². The molecule has 1 aromatic carbocycles. The van der Waals surface area contributed by atoms with E-state index in [0.717, 1.165) is 38.5 Å². The van der Waals surface area contributed by atoms with Crippen LogP contribution in [0.5, 0.6) is 0 Å². The van der Waals surface area contributed by atoms with Gasteiger partial charge in [0.15, 0.2) is 0 Å². The van der Waals surface area contributed by atoms with Crippen molar-refractivity contribution in [2.24, 2.45) is 0 Å². The third-order valence-electron chi connectivity index (χ3n) is 5.81. The van der Waals surface area contributed by atoms with Crippen molar-refractivity contribution >= 4 is 11.9 Å². The second-order valence-electron chi connectivity index (χ2n) is 8.86. The molecule has 0 heterocycles. The Balaban J connectivity index is 2.25. The standard InChI is InChI=1S/C28H46O4/c1-4-7-8-9-10-11-12-13-14-15-16-22-31-27(29)24-20-17-21-25(23-24)28(30)32-26(18-5-2)19-6-3/h17,20-21,23,26H,4-16,18-19,22H2,1-3H3. The smallest absolute Gasteiger partial charge is 0.338 e. The van der Waals surface area contributed by atoms with Crippen LogP contribution in [0.2, 0.25) is 0 Å². The quantitative estimate of drug-likeness (QED) is 0.158. The Morgan fingerprint density at radius 1 is 0.688 bits per heavy atom. The summed E-state index contributed by atoms with van der Waals surface area (Å²) in [5.41, 5.74) is 0.816. The summed E-state index contributed by atoms with van der Waals surface area (Å²) in [6, 6.07) is 6.68. The number of benzene rings is 1. The van der Waals surface area contributed by atoms with Crippen LogP contribution in [-0.4, -0.2) is 24.6 Å². The van der Waals surface area contributed by atoms with Gasteiger partial charge in [-0.25, -0.2) is 9.59 Å². The van der Waals surface area contributed by atoms with Gasteiger partial charge in [0.1, 0.15) is 6.10 Å². The van der Waals surface area contributed by atoms with Crippen LogP contribution in [0.15, 0.2) is 24.3 Å². The first-order valence-corrected chi connectivity index (χ1v) is 13.1. The van der Waals surface area contributed by atoms with Crippen LogP contribution in [0.25, 0.3) is 0 Å². The summed E-state index contributed by atoms with van der Waals surface area (Å²) in [4.78, 5) is 24.8. The lowest BCUT2D eigenvalue weighted by molar-refractivity contribution is 0.0258. The van der Waals surface area contributed by atoms with Crippen LogP contribution in [0, 0.1) is 0 Å². The number of carbonyl (C=O) groups is 2. The van der Waals surface area contributed by atoms with E-state index in [0.29, 0.717) is 17.7 Å². The van der Waals surface area contributed by atoms with Crippen LogP contribution in [0.1, 0.15) is 138 Å². The highest BCUT2D eigenvalue weighted by molar-refractivity contribution is 5.95. The normalized spacial score (nSPS) is 11.0. The third kappa shape index (κ3) is 12.9. The van der Waals surface area contributed by atoms with E-state index in [2.05, 4.69) is 20.8 Å². The predicted molar refractivity (Wildman–Crippen MR) is 132 cm³/mol. The lowest BCUT2D eigenvalue weighted by atomic mass is 10.1. The topological polar surface area (TPSA) is 52.6 Å². The minimum atomic E-state index is -0.370. The molecule has 182 valence electrons. The number of unbranched alkanes of at least 4 members (excludes halogenated alkanes) is 10. The van der Waals surface area contributed by atoms with Crippen LogP contribution in [0.3, 0.4) is 0 Å². The highest BCUT2D eigenvalue weighted by Gasteiger charge is 2.16. The third-order valence-corrected chi connectivity index (χ3v) is 5.81. The van der Waals surface area contributed by atoms with Gasteiger partial charge in [-0.05, 0) is 37.5 Å². The Morgan fingerprint density at radius 2 is 1.19 bits per heavy atom. The Kier molecular flexibility index (Phi) is 16.5. The molecule has 0 fully saturated rings. The van der Waals surface area contributed by atoms with Crippen molar-refractivity contribution in [3.63, 3.8) is 0 Å². The summed E-state index contributed by atoms with van der Waals surface area (Å²) in [7, 11) is 0. The summed E-state index contributed by atoms with van der Waals surface area (Å²) in [6.07, 6.45) is 17.5. The number of carbonyl (C=O) groups excluding carboxylic acids is 2. The first kappa shape index (κ1) is 28.2. The largest absolute Gasteiger partial charge is 0.462 e. The maximum atomic E-state index is 12.5. The number of hydrogen-bond donors (Lipinski definition) is 0. The molecule has 0 saturated carbocycles. The number of esters is 2. The van der Waals surface area contributed by atoms with Crippen molar-refractivity contribution < 1.29 is 19.1 Å². The Morgan fingerprint density at radius 3 is 1.72 bits per heavy atom. The van der Waals surface area contributed by atoms with Crippen molar-refractivity contribution in [1.82, 2.24) is 0 Å². The van der Waals surface area contributed by atoms with Gasteiger partial charge >= 0.3 is 11.9 Å². The van der Waals surface area contributed by atoms with Gasteiger partial charge in [-0.2, -0.15) is 0 Å². The number of ether oxygens (including phenoxy) is 2. The summed E-state index contributed by atoms with van der Waals surface area (Å²) in [6.45, 7) is 6.85. The van der Waals surface area contributed by atoms with Crippen molar-refractivity contribution in [3.05, 3.63) is 35.4 Å². The molecule has 0 aliphatic carbocycles. The van der Waals surface area contributed by atoms with Crippen LogP contribution < -0.4 is 0 Å². The molecule has 0 radical (unpaired) electrons. The van der Waals surface area contributed by atoms with E-state index in [9.17, 15) is 9.59 Å². The summed E-state index contributed by atoms with van der Waals surface area (Å²) >= 11 is 0. The fourth-order valence-corrected chi connectivity index (χ4v) is 3.91.